The van der Waals surface area contributed by atoms with Crippen LogP contribution in [0.5, 0.6) is 0 Å². The van der Waals surface area contributed by atoms with Crippen LogP contribution in [0, 0.1) is 43.2 Å². The maximum atomic E-state index is 15.0. The number of hydrogen-bond donors (Lipinski definition) is 2. The van der Waals surface area contributed by atoms with E-state index < -0.39 is 39.6 Å². The normalized spacial score (nSPS) is 22.5. The lowest BCUT2D eigenvalue weighted by Crippen LogP contribution is -2.51. The topological polar surface area (TPSA) is 127 Å². The van der Waals surface area contributed by atoms with Gasteiger partial charge in [-0.25, -0.2) is 36.1 Å². The van der Waals surface area contributed by atoms with Gasteiger partial charge in [-0.1, -0.05) is 17.7 Å². The number of aryl methyl sites for hydroxylation is 2. The lowest BCUT2D eigenvalue weighted by molar-refractivity contribution is -0.148. The van der Waals surface area contributed by atoms with Crippen LogP contribution < -0.4 is 5.32 Å². The van der Waals surface area contributed by atoms with Crippen molar-refractivity contribution in [2.45, 2.75) is 50.5 Å². The molecule has 0 spiro atoms. The Balaban J connectivity index is 1.47. The van der Waals surface area contributed by atoms with Gasteiger partial charge in [0.05, 0.1) is 23.2 Å². The van der Waals surface area contributed by atoms with E-state index in [-0.39, 0.29) is 50.5 Å². The highest BCUT2D eigenvalue weighted by atomic mass is 32.2. The third kappa shape index (κ3) is 4.21. The van der Waals surface area contributed by atoms with Crippen LogP contribution in [0.2, 0.25) is 0 Å². The van der Waals surface area contributed by atoms with Crippen molar-refractivity contribution in [1.29, 1.82) is 0 Å². The molecule has 3 heterocycles. The van der Waals surface area contributed by atoms with Crippen molar-refractivity contribution in [2.75, 3.05) is 5.32 Å². The van der Waals surface area contributed by atoms with Crippen LogP contribution in [0.15, 0.2) is 47.8 Å². The molecule has 4 aromatic rings. The molecule has 3 aromatic heterocycles. The summed E-state index contributed by atoms with van der Waals surface area (Å²) in [6.07, 6.45) is 6.50. The second-order valence-corrected chi connectivity index (χ2v) is 12.5. The molecule has 3 fully saturated rings. The second-order valence-electron chi connectivity index (χ2n) is 10.7. The Bertz CT molecular complexity index is 1750. The minimum atomic E-state index is -4.14. The van der Waals surface area contributed by atoms with Crippen molar-refractivity contribution in [1.82, 2.24) is 18.9 Å². The summed E-state index contributed by atoms with van der Waals surface area (Å²) in [6.45, 7) is 3.33. The van der Waals surface area contributed by atoms with Gasteiger partial charge in [0.2, 0.25) is 0 Å². The Morgan fingerprint density at radius 1 is 1.00 bits per heavy atom. The summed E-state index contributed by atoms with van der Waals surface area (Å²) >= 11 is 0. The van der Waals surface area contributed by atoms with Crippen LogP contribution in [0.25, 0.3) is 22.4 Å². The lowest BCUT2D eigenvalue weighted by Gasteiger charge is -2.47. The summed E-state index contributed by atoms with van der Waals surface area (Å²) in [5, 5.41) is 13.1. The van der Waals surface area contributed by atoms with E-state index in [1.54, 1.807) is 12.1 Å². The van der Waals surface area contributed by atoms with Gasteiger partial charge in [0.25, 0.3) is 10.0 Å². The molecule has 40 heavy (non-hydrogen) atoms. The van der Waals surface area contributed by atoms with Gasteiger partial charge in [0, 0.05) is 23.2 Å². The van der Waals surface area contributed by atoms with Gasteiger partial charge in [-0.15, -0.1) is 0 Å². The molecule has 3 saturated carbocycles. The first kappa shape index (κ1) is 26.3. The molecule has 9 nitrogen and oxygen atoms in total. The van der Waals surface area contributed by atoms with Gasteiger partial charge >= 0.3 is 5.97 Å². The van der Waals surface area contributed by atoms with Gasteiger partial charge in [-0.2, -0.15) is 0 Å². The number of halogens is 2. The van der Waals surface area contributed by atoms with E-state index >= 15 is 4.39 Å². The number of carbonyl (C=O) groups is 1. The smallest absolute Gasteiger partial charge is 0.308 e. The molecule has 12 heteroatoms. The van der Waals surface area contributed by atoms with E-state index in [0.29, 0.717) is 0 Å². The molecule has 3 aliphatic carbocycles. The van der Waals surface area contributed by atoms with Crippen molar-refractivity contribution in [3.05, 3.63) is 65.6 Å². The summed E-state index contributed by atoms with van der Waals surface area (Å²) in [6, 6.07) is 5.77. The molecule has 0 aliphatic heterocycles. The number of carboxylic acid groups (broad SMARTS) is 1. The first-order valence-electron chi connectivity index (χ1n) is 13.1. The molecule has 1 aromatic carbocycles. The Kier molecular flexibility index (Phi) is 6.32. The number of nitrogens with zero attached hydrogens (tertiary/aromatic N) is 4. The van der Waals surface area contributed by atoms with Gasteiger partial charge in [0.1, 0.15) is 5.82 Å². The number of nitrogens with one attached hydrogen (secondary N) is 1. The van der Waals surface area contributed by atoms with E-state index in [4.69, 9.17) is 0 Å². The maximum Gasteiger partial charge on any atom is 0.308 e. The SMILES string of the molecule is Cc1ccc(S(=O)(=O)n2cc(-c3ncc(F)c(NC4C5CCC(CC5)C4C(=O)O)n3)c3c(C)c(F)cnc32)cc1. The zero-order valence-corrected chi connectivity index (χ0v) is 22.6. The predicted octanol–water partition coefficient (Wildman–Crippen LogP) is 4.93. The molecule has 0 radical (unpaired) electrons. The van der Waals surface area contributed by atoms with Crippen molar-refractivity contribution < 1.29 is 27.1 Å². The number of carboxylic acids is 1. The fourth-order valence-electron chi connectivity index (χ4n) is 6.24. The predicted molar refractivity (Wildman–Crippen MR) is 143 cm³/mol. The molecule has 2 N–H and O–H groups in total. The minimum Gasteiger partial charge on any atom is -0.481 e. The first-order valence-corrected chi connectivity index (χ1v) is 14.5. The number of pyridine rings is 1. The van der Waals surface area contributed by atoms with E-state index in [0.717, 1.165) is 47.6 Å². The van der Waals surface area contributed by atoms with Crippen LogP contribution in [0.1, 0.15) is 36.8 Å². The molecule has 2 bridgehead atoms. The molecular formula is C28H27F2N5O4S. The zero-order chi connectivity index (χ0) is 28.3. The first-order chi connectivity index (χ1) is 19.1. The van der Waals surface area contributed by atoms with Crippen molar-refractivity contribution in [3.8, 4) is 11.4 Å². The summed E-state index contributed by atoms with van der Waals surface area (Å²) in [5.74, 6) is -3.19. The molecule has 0 amide bonds. The highest BCUT2D eigenvalue weighted by Crippen LogP contribution is 2.46. The lowest BCUT2D eigenvalue weighted by atomic mass is 9.61. The van der Waals surface area contributed by atoms with E-state index in [1.807, 2.05) is 6.92 Å². The summed E-state index contributed by atoms with van der Waals surface area (Å²) < 4.78 is 57.9. The monoisotopic (exact) mass is 567 g/mol. The molecule has 208 valence electrons. The van der Waals surface area contributed by atoms with Gasteiger partial charge in [0.15, 0.2) is 23.1 Å². The standard InChI is InChI=1S/C28H27F2N5O4S/c1-14-3-9-18(10-4-14)40(38,39)35-13-19(22-15(2)20(29)11-32-27(22)35)25-31-12-21(30)26(34-25)33-24-17-7-5-16(6-8-17)23(24)28(36)37/h3-4,9-13,16-17,23-24H,5-8H2,1-2H3,(H,36,37)(H,31,33,34). The highest BCUT2D eigenvalue weighted by molar-refractivity contribution is 7.90. The van der Waals surface area contributed by atoms with Crippen LogP contribution in [0.4, 0.5) is 14.6 Å². The molecule has 2 unspecified atom stereocenters. The Labute approximate surface area is 229 Å². The van der Waals surface area contributed by atoms with Gasteiger partial charge < -0.3 is 10.4 Å². The highest BCUT2D eigenvalue weighted by Gasteiger charge is 2.47. The number of aliphatic carboxylic acids is 1. The molecule has 3 aliphatic rings. The van der Waals surface area contributed by atoms with Crippen LogP contribution >= 0.6 is 0 Å². The Morgan fingerprint density at radius 3 is 2.33 bits per heavy atom. The summed E-state index contributed by atoms with van der Waals surface area (Å²) in [7, 11) is -4.14. The van der Waals surface area contributed by atoms with Crippen molar-refractivity contribution >= 4 is 32.8 Å². The number of benzene rings is 1. The zero-order valence-electron chi connectivity index (χ0n) is 21.8. The fraction of sp³-hybridized carbons (Fsp3) is 0.357. The van der Waals surface area contributed by atoms with Crippen LogP contribution in [0.3, 0.4) is 0 Å². The maximum absolute atomic E-state index is 15.0. The average molecular weight is 568 g/mol. The molecule has 2 atom stereocenters. The Hall–Kier alpha value is -3.93. The van der Waals surface area contributed by atoms with E-state index in [1.165, 1.54) is 25.3 Å². The number of rotatable bonds is 6. The van der Waals surface area contributed by atoms with Gasteiger partial charge in [-0.05, 0) is 69.1 Å². The van der Waals surface area contributed by atoms with Gasteiger partial charge in [-0.3, -0.25) is 4.79 Å². The third-order valence-corrected chi connectivity index (χ3v) is 10.0. The largest absolute Gasteiger partial charge is 0.481 e. The van der Waals surface area contributed by atoms with Crippen LogP contribution in [-0.4, -0.2) is 44.5 Å². The number of hydrogen-bond acceptors (Lipinski definition) is 7. The number of fused-ring (bicyclic) bond motifs is 4. The van der Waals surface area contributed by atoms with Crippen molar-refractivity contribution in [3.63, 3.8) is 0 Å². The van der Waals surface area contributed by atoms with Crippen LogP contribution in [-0.2, 0) is 14.8 Å². The Morgan fingerprint density at radius 2 is 1.65 bits per heavy atom. The molecule has 7 rings (SSSR count). The fourth-order valence-corrected chi connectivity index (χ4v) is 7.56. The molecule has 0 saturated heterocycles. The summed E-state index contributed by atoms with van der Waals surface area (Å²) in [5.41, 5.74) is 1.14. The summed E-state index contributed by atoms with van der Waals surface area (Å²) in [4.78, 5) is 24.7. The van der Waals surface area contributed by atoms with Crippen molar-refractivity contribution in [2.24, 2.45) is 17.8 Å². The number of anilines is 1. The second kappa shape index (κ2) is 9.61. The third-order valence-electron chi connectivity index (χ3n) is 8.35. The molecular weight excluding hydrogens is 540 g/mol. The quantitative estimate of drug-likeness (QED) is 0.336. The number of aromatic nitrogens is 4. The van der Waals surface area contributed by atoms with E-state index in [2.05, 4.69) is 20.3 Å². The minimum absolute atomic E-state index is 0.00558. The average Bonchev–Trinajstić information content (AvgIpc) is 3.34. The van der Waals surface area contributed by atoms with E-state index in [9.17, 15) is 22.7 Å².